The summed E-state index contributed by atoms with van der Waals surface area (Å²) in [5.74, 6) is 0. The Hall–Kier alpha value is -1.42. The lowest BCUT2D eigenvalue weighted by atomic mass is 10.0. The van der Waals surface area contributed by atoms with Crippen molar-refractivity contribution in [3.05, 3.63) is 39.4 Å². The van der Waals surface area contributed by atoms with Crippen LogP contribution in [-0.4, -0.2) is 9.55 Å². The quantitative estimate of drug-likeness (QED) is 0.790. The lowest BCUT2D eigenvalue weighted by Gasteiger charge is -2.19. The fourth-order valence-electron chi connectivity index (χ4n) is 2.68. The summed E-state index contributed by atoms with van der Waals surface area (Å²) in [6.45, 7) is 4.32. The van der Waals surface area contributed by atoms with Crippen molar-refractivity contribution in [3.8, 4) is 0 Å². The minimum atomic E-state index is 0.0407. The summed E-state index contributed by atoms with van der Waals surface area (Å²) in [6, 6.07) is 7.78. The third kappa shape index (κ3) is 3.01. The number of nitrogens with one attached hydrogen (secondary N) is 1. The van der Waals surface area contributed by atoms with Gasteiger partial charge in [0.2, 0.25) is 0 Å². The second-order valence-electron chi connectivity index (χ2n) is 5.24. The van der Waals surface area contributed by atoms with Crippen molar-refractivity contribution in [1.29, 1.82) is 0 Å². The molecule has 0 amide bonds. The highest BCUT2D eigenvalue weighted by atomic mass is 32.1. The summed E-state index contributed by atoms with van der Waals surface area (Å²) in [4.78, 5) is 15.9. The second kappa shape index (κ2) is 6.84. The highest BCUT2D eigenvalue weighted by Crippen LogP contribution is 2.20. The van der Waals surface area contributed by atoms with Gasteiger partial charge in [0.25, 0.3) is 5.56 Å². The number of para-hydroxylation sites is 1. The molecule has 0 aliphatic heterocycles. The highest BCUT2D eigenvalue weighted by molar-refractivity contribution is 7.71. The second-order valence-corrected chi connectivity index (χ2v) is 5.62. The summed E-state index contributed by atoms with van der Waals surface area (Å²) in [7, 11) is 0. The predicted molar refractivity (Wildman–Crippen MR) is 86.9 cm³/mol. The Balaban J connectivity index is 2.56. The van der Waals surface area contributed by atoms with Crippen LogP contribution < -0.4 is 5.56 Å². The minimum Gasteiger partial charge on any atom is -0.332 e. The molecular weight excluding hydrogens is 268 g/mol. The lowest BCUT2D eigenvalue weighted by Crippen LogP contribution is -2.26. The first-order chi connectivity index (χ1) is 9.69. The predicted octanol–water partition coefficient (Wildman–Crippen LogP) is 4.59. The number of hydrogen-bond acceptors (Lipinski definition) is 2. The number of fused-ring (bicyclic) bond motifs is 1. The lowest BCUT2D eigenvalue weighted by molar-refractivity contribution is 0.401. The molecule has 2 aromatic rings. The molecule has 1 heterocycles. The number of aromatic nitrogens is 2. The van der Waals surface area contributed by atoms with E-state index in [2.05, 4.69) is 18.8 Å². The van der Waals surface area contributed by atoms with Gasteiger partial charge in [-0.25, -0.2) is 0 Å². The van der Waals surface area contributed by atoms with E-state index < -0.39 is 0 Å². The number of unbranched alkanes of at least 4 members (excludes halogenated alkanes) is 1. The standard InChI is InChI=1S/C16H22N2OS/c1-3-5-9-12(8-4-2)18-15(19)13-10-6-7-11-14(13)17-16(18)20/h6-7,10-12H,3-5,8-9H2,1-2H3,(H,17,20). The van der Waals surface area contributed by atoms with E-state index in [0.29, 0.717) is 4.77 Å². The number of benzene rings is 1. The van der Waals surface area contributed by atoms with Crippen LogP contribution in [-0.2, 0) is 0 Å². The largest absolute Gasteiger partial charge is 0.332 e. The molecule has 0 saturated heterocycles. The zero-order chi connectivity index (χ0) is 14.5. The molecule has 4 heteroatoms. The smallest absolute Gasteiger partial charge is 0.262 e. The molecule has 3 nitrogen and oxygen atoms in total. The maximum absolute atomic E-state index is 12.7. The van der Waals surface area contributed by atoms with Crippen molar-refractivity contribution in [1.82, 2.24) is 9.55 Å². The third-order valence-electron chi connectivity index (χ3n) is 3.71. The summed E-state index contributed by atoms with van der Waals surface area (Å²) >= 11 is 5.42. The molecule has 1 aromatic heterocycles. The molecule has 20 heavy (non-hydrogen) atoms. The average Bonchev–Trinajstić information content (AvgIpc) is 2.44. The van der Waals surface area contributed by atoms with Crippen LogP contribution in [0.15, 0.2) is 29.1 Å². The molecule has 0 spiro atoms. The van der Waals surface area contributed by atoms with Crippen molar-refractivity contribution in [3.63, 3.8) is 0 Å². The zero-order valence-corrected chi connectivity index (χ0v) is 13.0. The Bertz CT molecular complexity index is 687. The molecule has 0 aliphatic rings. The minimum absolute atomic E-state index is 0.0407. The molecule has 0 aliphatic carbocycles. The van der Waals surface area contributed by atoms with E-state index >= 15 is 0 Å². The fourth-order valence-corrected chi connectivity index (χ4v) is 3.03. The van der Waals surface area contributed by atoms with Crippen LogP contribution >= 0.6 is 12.2 Å². The van der Waals surface area contributed by atoms with Gasteiger partial charge in [0.1, 0.15) is 0 Å². The first-order valence-electron chi connectivity index (χ1n) is 7.42. The monoisotopic (exact) mass is 290 g/mol. The number of rotatable bonds is 6. The van der Waals surface area contributed by atoms with Gasteiger partial charge in [0, 0.05) is 6.04 Å². The molecule has 0 saturated carbocycles. The molecule has 1 aromatic carbocycles. The maximum Gasteiger partial charge on any atom is 0.262 e. The summed E-state index contributed by atoms with van der Waals surface area (Å²) in [6.07, 6.45) is 5.33. The molecule has 1 atom stereocenters. The molecule has 1 unspecified atom stereocenters. The SMILES string of the molecule is CCCCC(CCC)n1c(=S)[nH]c2ccccc2c1=O. The maximum atomic E-state index is 12.7. The molecule has 0 bridgehead atoms. The van der Waals surface area contributed by atoms with Crippen molar-refractivity contribution in [2.45, 2.75) is 52.0 Å². The van der Waals surface area contributed by atoms with Gasteiger partial charge in [0.05, 0.1) is 10.9 Å². The van der Waals surface area contributed by atoms with E-state index in [4.69, 9.17) is 12.2 Å². The number of H-pyrrole nitrogens is 1. The van der Waals surface area contributed by atoms with Gasteiger partial charge in [0.15, 0.2) is 4.77 Å². The molecular formula is C16H22N2OS. The van der Waals surface area contributed by atoms with Crippen LogP contribution in [0.25, 0.3) is 10.9 Å². The van der Waals surface area contributed by atoms with Crippen LogP contribution in [0, 0.1) is 4.77 Å². The zero-order valence-electron chi connectivity index (χ0n) is 12.2. The third-order valence-corrected chi connectivity index (χ3v) is 4.01. The van der Waals surface area contributed by atoms with E-state index in [0.717, 1.165) is 43.0 Å². The average molecular weight is 290 g/mol. The van der Waals surface area contributed by atoms with E-state index in [9.17, 15) is 4.79 Å². The van der Waals surface area contributed by atoms with Crippen molar-refractivity contribution in [2.24, 2.45) is 0 Å². The first kappa shape index (κ1) is 15.0. The number of hydrogen-bond donors (Lipinski definition) is 1. The van der Waals surface area contributed by atoms with Gasteiger partial charge in [-0.2, -0.15) is 0 Å². The number of aromatic amines is 1. The molecule has 2 rings (SSSR count). The van der Waals surface area contributed by atoms with E-state index in [1.807, 2.05) is 24.3 Å². The summed E-state index contributed by atoms with van der Waals surface area (Å²) in [5.41, 5.74) is 0.864. The molecule has 0 radical (unpaired) electrons. The van der Waals surface area contributed by atoms with Gasteiger partial charge < -0.3 is 4.98 Å². The normalized spacial score (nSPS) is 12.7. The van der Waals surface area contributed by atoms with Crippen LogP contribution in [0.2, 0.25) is 0 Å². The van der Waals surface area contributed by atoms with E-state index in [-0.39, 0.29) is 11.6 Å². The fraction of sp³-hybridized carbons (Fsp3) is 0.500. The molecule has 1 N–H and O–H groups in total. The first-order valence-corrected chi connectivity index (χ1v) is 7.83. The van der Waals surface area contributed by atoms with Crippen LogP contribution in [0.5, 0.6) is 0 Å². The van der Waals surface area contributed by atoms with E-state index in [1.165, 1.54) is 0 Å². The topological polar surface area (TPSA) is 37.8 Å². The Kier molecular flexibility index (Phi) is 5.12. The van der Waals surface area contributed by atoms with Crippen LogP contribution in [0.1, 0.15) is 52.0 Å². The Labute approximate surface area is 124 Å². The Morgan fingerprint density at radius 2 is 1.95 bits per heavy atom. The van der Waals surface area contributed by atoms with Crippen molar-refractivity contribution in [2.75, 3.05) is 0 Å². The van der Waals surface area contributed by atoms with Crippen LogP contribution in [0.3, 0.4) is 0 Å². The van der Waals surface area contributed by atoms with Gasteiger partial charge >= 0.3 is 0 Å². The molecule has 108 valence electrons. The highest BCUT2D eigenvalue weighted by Gasteiger charge is 2.14. The van der Waals surface area contributed by atoms with Gasteiger partial charge in [-0.15, -0.1) is 0 Å². The Morgan fingerprint density at radius 3 is 2.65 bits per heavy atom. The molecule has 0 fully saturated rings. The van der Waals surface area contributed by atoms with E-state index in [1.54, 1.807) is 4.57 Å². The number of nitrogens with zero attached hydrogens (tertiary/aromatic N) is 1. The van der Waals surface area contributed by atoms with Crippen molar-refractivity contribution < 1.29 is 0 Å². The van der Waals surface area contributed by atoms with Gasteiger partial charge in [-0.05, 0) is 37.2 Å². The van der Waals surface area contributed by atoms with Crippen LogP contribution in [0.4, 0.5) is 0 Å². The van der Waals surface area contributed by atoms with Gasteiger partial charge in [-0.3, -0.25) is 9.36 Å². The van der Waals surface area contributed by atoms with Crippen molar-refractivity contribution >= 4 is 23.1 Å². The Morgan fingerprint density at radius 1 is 1.20 bits per heavy atom. The summed E-state index contributed by atoms with van der Waals surface area (Å²) < 4.78 is 2.33. The van der Waals surface area contributed by atoms with Gasteiger partial charge in [-0.1, -0.05) is 45.2 Å². The summed E-state index contributed by atoms with van der Waals surface area (Å²) in [5, 5.41) is 0.721.